The Kier molecular flexibility index (Phi) is 5.26. The second kappa shape index (κ2) is 6.51. The molecule has 1 aromatic heterocycles. The van der Waals surface area contributed by atoms with Crippen molar-refractivity contribution in [1.29, 1.82) is 0 Å². The molecule has 1 heterocycles. The first-order chi connectivity index (χ1) is 7.29. The Hall–Kier alpha value is -0.960. The molecule has 0 radical (unpaired) electrons. The minimum absolute atomic E-state index is 0.337. The smallest absolute Gasteiger partial charge is 0.0758 e. The summed E-state index contributed by atoms with van der Waals surface area (Å²) in [6.07, 6.45) is 7.77. The molecule has 15 heavy (non-hydrogen) atoms. The standard InChI is InChI=1S/C12H21N3/c1-4-6-10(3)12(14-5-2)11-9-13-7-8-15-11/h7-10,12,14H,4-6H2,1-3H3. The predicted molar refractivity (Wildman–Crippen MR) is 62.5 cm³/mol. The van der Waals surface area contributed by atoms with Gasteiger partial charge in [-0.2, -0.15) is 0 Å². The molecule has 1 N–H and O–H groups in total. The van der Waals surface area contributed by atoms with Crippen molar-refractivity contribution in [1.82, 2.24) is 15.3 Å². The van der Waals surface area contributed by atoms with E-state index in [1.54, 1.807) is 12.4 Å². The first-order valence-electron chi connectivity index (χ1n) is 5.78. The summed E-state index contributed by atoms with van der Waals surface area (Å²) < 4.78 is 0. The fourth-order valence-corrected chi connectivity index (χ4v) is 1.91. The van der Waals surface area contributed by atoms with E-state index in [0.717, 1.165) is 12.2 Å². The minimum Gasteiger partial charge on any atom is -0.309 e. The third-order valence-corrected chi connectivity index (χ3v) is 2.64. The lowest BCUT2D eigenvalue weighted by Gasteiger charge is -2.23. The molecule has 0 saturated carbocycles. The Morgan fingerprint density at radius 1 is 1.33 bits per heavy atom. The summed E-state index contributed by atoms with van der Waals surface area (Å²) in [5, 5.41) is 3.48. The van der Waals surface area contributed by atoms with Gasteiger partial charge in [0, 0.05) is 18.6 Å². The van der Waals surface area contributed by atoms with Crippen molar-refractivity contribution in [2.75, 3.05) is 6.54 Å². The minimum atomic E-state index is 0.337. The van der Waals surface area contributed by atoms with Gasteiger partial charge in [-0.25, -0.2) is 0 Å². The van der Waals surface area contributed by atoms with E-state index in [4.69, 9.17) is 0 Å². The molecule has 0 aliphatic rings. The number of nitrogens with zero attached hydrogens (tertiary/aromatic N) is 2. The Morgan fingerprint density at radius 2 is 2.13 bits per heavy atom. The summed E-state index contributed by atoms with van der Waals surface area (Å²) in [7, 11) is 0. The lowest BCUT2D eigenvalue weighted by Crippen LogP contribution is -2.27. The van der Waals surface area contributed by atoms with Gasteiger partial charge in [0.05, 0.1) is 11.7 Å². The highest BCUT2D eigenvalue weighted by atomic mass is 14.9. The van der Waals surface area contributed by atoms with Crippen LogP contribution >= 0.6 is 0 Å². The zero-order chi connectivity index (χ0) is 11.1. The number of hydrogen-bond donors (Lipinski definition) is 1. The highest BCUT2D eigenvalue weighted by Gasteiger charge is 2.18. The van der Waals surface area contributed by atoms with Crippen LogP contribution in [-0.2, 0) is 0 Å². The van der Waals surface area contributed by atoms with Crippen LogP contribution in [0.15, 0.2) is 18.6 Å². The molecular weight excluding hydrogens is 186 g/mol. The summed E-state index contributed by atoms with van der Waals surface area (Å²) in [4.78, 5) is 8.50. The third kappa shape index (κ3) is 3.59. The van der Waals surface area contributed by atoms with Crippen LogP contribution in [0, 0.1) is 5.92 Å². The molecule has 3 heteroatoms. The first kappa shape index (κ1) is 12.1. The maximum atomic E-state index is 4.38. The molecule has 2 atom stereocenters. The van der Waals surface area contributed by atoms with Gasteiger partial charge < -0.3 is 5.32 Å². The SMILES string of the molecule is CCCC(C)C(NCC)c1cnccn1. The Bertz CT molecular complexity index is 261. The van der Waals surface area contributed by atoms with Gasteiger partial charge in [0.2, 0.25) is 0 Å². The molecule has 0 aliphatic heterocycles. The highest BCUT2D eigenvalue weighted by Crippen LogP contribution is 2.23. The van der Waals surface area contributed by atoms with Gasteiger partial charge in [-0.05, 0) is 18.9 Å². The van der Waals surface area contributed by atoms with Crippen LogP contribution in [0.25, 0.3) is 0 Å². The largest absolute Gasteiger partial charge is 0.309 e. The molecule has 0 spiro atoms. The lowest BCUT2D eigenvalue weighted by molar-refractivity contribution is 0.361. The van der Waals surface area contributed by atoms with Gasteiger partial charge in [-0.15, -0.1) is 0 Å². The molecular formula is C12H21N3. The van der Waals surface area contributed by atoms with Crippen LogP contribution in [0.1, 0.15) is 45.3 Å². The summed E-state index contributed by atoms with van der Waals surface area (Å²) in [6, 6.07) is 0.337. The van der Waals surface area contributed by atoms with Crippen LogP contribution in [-0.4, -0.2) is 16.5 Å². The van der Waals surface area contributed by atoms with E-state index in [9.17, 15) is 0 Å². The zero-order valence-electron chi connectivity index (χ0n) is 9.90. The normalized spacial score (nSPS) is 14.9. The topological polar surface area (TPSA) is 37.8 Å². The molecule has 84 valence electrons. The summed E-state index contributed by atoms with van der Waals surface area (Å²) in [6.45, 7) is 7.58. The van der Waals surface area contributed by atoms with Crippen molar-refractivity contribution in [2.45, 2.75) is 39.7 Å². The maximum absolute atomic E-state index is 4.38. The zero-order valence-corrected chi connectivity index (χ0v) is 9.90. The van der Waals surface area contributed by atoms with E-state index in [2.05, 4.69) is 36.1 Å². The van der Waals surface area contributed by atoms with E-state index in [0.29, 0.717) is 12.0 Å². The molecule has 0 aromatic carbocycles. The van der Waals surface area contributed by atoms with Crippen molar-refractivity contribution < 1.29 is 0 Å². The van der Waals surface area contributed by atoms with Crippen molar-refractivity contribution in [3.8, 4) is 0 Å². The van der Waals surface area contributed by atoms with E-state index in [-0.39, 0.29) is 0 Å². The van der Waals surface area contributed by atoms with Crippen LogP contribution in [0.5, 0.6) is 0 Å². The van der Waals surface area contributed by atoms with E-state index < -0.39 is 0 Å². The number of hydrogen-bond acceptors (Lipinski definition) is 3. The van der Waals surface area contributed by atoms with E-state index in [1.807, 2.05) is 6.20 Å². The van der Waals surface area contributed by atoms with Gasteiger partial charge in [0.15, 0.2) is 0 Å². The molecule has 0 fully saturated rings. The van der Waals surface area contributed by atoms with E-state index in [1.165, 1.54) is 12.8 Å². The monoisotopic (exact) mass is 207 g/mol. The number of rotatable bonds is 6. The van der Waals surface area contributed by atoms with Crippen LogP contribution in [0.4, 0.5) is 0 Å². The summed E-state index contributed by atoms with van der Waals surface area (Å²) in [5.41, 5.74) is 1.06. The highest BCUT2D eigenvalue weighted by molar-refractivity contribution is 5.03. The van der Waals surface area contributed by atoms with Gasteiger partial charge in [0.1, 0.15) is 0 Å². The summed E-state index contributed by atoms with van der Waals surface area (Å²) >= 11 is 0. The van der Waals surface area contributed by atoms with Crippen molar-refractivity contribution in [3.63, 3.8) is 0 Å². The third-order valence-electron chi connectivity index (χ3n) is 2.64. The molecule has 1 aromatic rings. The quantitative estimate of drug-likeness (QED) is 0.779. The van der Waals surface area contributed by atoms with Crippen LogP contribution < -0.4 is 5.32 Å². The predicted octanol–water partition coefficient (Wildman–Crippen LogP) is 2.56. The molecule has 0 bridgehead atoms. The fraction of sp³-hybridized carbons (Fsp3) is 0.667. The second-order valence-corrected chi connectivity index (χ2v) is 3.93. The Balaban J connectivity index is 2.73. The number of nitrogens with one attached hydrogen (secondary N) is 1. The molecule has 3 nitrogen and oxygen atoms in total. The van der Waals surface area contributed by atoms with Crippen molar-refractivity contribution in [2.24, 2.45) is 5.92 Å². The van der Waals surface area contributed by atoms with Gasteiger partial charge in [-0.3, -0.25) is 9.97 Å². The molecule has 0 amide bonds. The Morgan fingerprint density at radius 3 is 2.67 bits per heavy atom. The van der Waals surface area contributed by atoms with Crippen LogP contribution in [0.2, 0.25) is 0 Å². The van der Waals surface area contributed by atoms with Gasteiger partial charge >= 0.3 is 0 Å². The lowest BCUT2D eigenvalue weighted by atomic mass is 9.94. The average Bonchev–Trinajstić information content (AvgIpc) is 2.27. The summed E-state index contributed by atoms with van der Waals surface area (Å²) in [5.74, 6) is 0.603. The van der Waals surface area contributed by atoms with Crippen molar-refractivity contribution in [3.05, 3.63) is 24.3 Å². The number of aromatic nitrogens is 2. The molecule has 0 aliphatic carbocycles. The first-order valence-corrected chi connectivity index (χ1v) is 5.78. The Labute approximate surface area is 92.3 Å². The molecule has 0 saturated heterocycles. The van der Waals surface area contributed by atoms with Gasteiger partial charge in [0.25, 0.3) is 0 Å². The molecule has 2 unspecified atom stereocenters. The second-order valence-electron chi connectivity index (χ2n) is 3.93. The van der Waals surface area contributed by atoms with E-state index >= 15 is 0 Å². The van der Waals surface area contributed by atoms with Crippen molar-refractivity contribution >= 4 is 0 Å². The van der Waals surface area contributed by atoms with Gasteiger partial charge in [-0.1, -0.05) is 27.2 Å². The maximum Gasteiger partial charge on any atom is 0.0758 e. The molecule has 1 rings (SSSR count). The fourth-order valence-electron chi connectivity index (χ4n) is 1.91. The average molecular weight is 207 g/mol. The van der Waals surface area contributed by atoms with Crippen LogP contribution in [0.3, 0.4) is 0 Å².